The highest BCUT2D eigenvalue weighted by molar-refractivity contribution is 7.99. The summed E-state index contributed by atoms with van der Waals surface area (Å²) in [5.74, 6) is 2.60. The summed E-state index contributed by atoms with van der Waals surface area (Å²) in [4.78, 5) is 3.91. The minimum absolute atomic E-state index is 0.600. The molecular weight excluding hydrogens is 158 g/mol. The molecule has 0 bridgehead atoms. The van der Waals surface area contributed by atoms with Crippen molar-refractivity contribution in [3.63, 3.8) is 0 Å². The largest absolute Gasteiger partial charge is 0.401 e. The number of thioether (sulfide) groups is 1. The van der Waals surface area contributed by atoms with Crippen LogP contribution in [0.1, 0.15) is 6.42 Å². The molecule has 3 nitrogen and oxygen atoms in total. The van der Waals surface area contributed by atoms with E-state index < -0.39 is 0 Å². The highest BCUT2D eigenvalue weighted by Gasteiger charge is 2.12. The second-order valence-electron chi connectivity index (χ2n) is 2.42. The zero-order valence-corrected chi connectivity index (χ0v) is 7.45. The van der Waals surface area contributed by atoms with E-state index >= 15 is 0 Å². The van der Waals surface area contributed by atoms with Crippen molar-refractivity contribution in [2.24, 2.45) is 16.5 Å². The molecule has 0 aromatic carbocycles. The summed E-state index contributed by atoms with van der Waals surface area (Å²) in [5.41, 5.74) is 13.3. The molecule has 0 aromatic rings. The van der Waals surface area contributed by atoms with Gasteiger partial charge < -0.3 is 11.5 Å². The van der Waals surface area contributed by atoms with Crippen LogP contribution >= 0.6 is 11.8 Å². The number of aliphatic imine (C=N–C) groups is 1. The normalized spacial score (nSPS) is 20.6. The van der Waals surface area contributed by atoms with E-state index in [1.165, 1.54) is 0 Å². The van der Waals surface area contributed by atoms with Crippen LogP contribution in [-0.4, -0.2) is 24.4 Å². The van der Waals surface area contributed by atoms with Crippen molar-refractivity contribution >= 4 is 17.6 Å². The lowest BCUT2D eigenvalue weighted by Crippen LogP contribution is -2.23. The number of nitrogens with zero attached hydrogens (tertiary/aromatic N) is 1. The van der Waals surface area contributed by atoms with E-state index in [-0.39, 0.29) is 0 Å². The van der Waals surface area contributed by atoms with Crippen LogP contribution in [0.5, 0.6) is 0 Å². The smallest absolute Gasteiger partial charge is 0.122 e. The van der Waals surface area contributed by atoms with Gasteiger partial charge in [-0.15, -0.1) is 0 Å². The monoisotopic (exact) mass is 171 g/mol. The standard InChI is InChI=1S/C7H13N3S/c1-10-7(9)5-2-3-11-4-6(5)8/h2-4,8H2,1H3,(H2,9,10). The van der Waals surface area contributed by atoms with E-state index in [1.54, 1.807) is 7.05 Å². The minimum atomic E-state index is 0.600. The molecule has 0 unspecified atom stereocenters. The molecule has 0 aliphatic carbocycles. The van der Waals surface area contributed by atoms with Gasteiger partial charge in [0.1, 0.15) is 5.84 Å². The summed E-state index contributed by atoms with van der Waals surface area (Å²) < 4.78 is 0. The van der Waals surface area contributed by atoms with E-state index in [1.807, 2.05) is 11.8 Å². The van der Waals surface area contributed by atoms with Gasteiger partial charge in [-0.2, -0.15) is 11.8 Å². The van der Waals surface area contributed by atoms with Crippen LogP contribution in [0.15, 0.2) is 16.3 Å². The molecule has 0 atom stereocenters. The highest BCUT2D eigenvalue weighted by atomic mass is 32.2. The average molecular weight is 171 g/mol. The molecule has 0 saturated heterocycles. The van der Waals surface area contributed by atoms with Crippen LogP contribution in [0.25, 0.3) is 0 Å². The maximum Gasteiger partial charge on any atom is 0.122 e. The molecule has 1 rings (SSSR count). The molecule has 1 aliphatic rings. The Labute approximate surface area is 70.9 Å². The number of hydrogen-bond acceptors (Lipinski definition) is 3. The van der Waals surface area contributed by atoms with Crippen molar-refractivity contribution in [1.29, 1.82) is 0 Å². The average Bonchev–Trinajstić information content (AvgIpc) is 2.04. The fraction of sp³-hybridized carbons (Fsp3) is 0.571. The second kappa shape index (κ2) is 3.67. The van der Waals surface area contributed by atoms with Gasteiger partial charge in [0, 0.05) is 24.1 Å². The van der Waals surface area contributed by atoms with Crippen LogP contribution in [0.2, 0.25) is 0 Å². The van der Waals surface area contributed by atoms with Gasteiger partial charge in [0.2, 0.25) is 0 Å². The quantitative estimate of drug-likeness (QED) is 0.441. The lowest BCUT2D eigenvalue weighted by molar-refractivity contribution is 1.08. The van der Waals surface area contributed by atoms with Crippen LogP contribution in [0.4, 0.5) is 0 Å². The predicted molar refractivity (Wildman–Crippen MR) is 50.7 cm³/mol. The number of rotatable bonds is 1. The fourth-order valence-electron chi connectivity index (χ4n) is 1.03. The van der Waals surface area contributed by atoms with E-state index in [0.717, 1.165) is 29.2 Å². The van der Waals surface area contributed by atoms with Crippen molar-refractivity contribution in [3.8, 4) is 0 Å². The summed E-state index contributed by atoms with van der Waals surface area (Å²) in [6.07, 6.45) is 0.958. The first kappa shape index (κ1) is 8.46. The first-order valence-electron chi connectivity index (χ1n) is 3.53. The van der Waals surface area contributed by atoms with Gasteiger partial charge in [-0.05, 0) is 12.2 Å². The molecular formula is C7H13N3S. The first-order valence-corrected chi connectivity index (χ1v) is 4.69. The Bertz CT molecular complexity index is 208. The van der Waals surface area contributed by atoms with E-state index in [9.17, 15) is 0 Å². The van der Waals surface area contributed by atoms with Crippen molar-refractivity contribution < 1.29 is 0 Å². The molecule has 11 heavy (non-hydrogen) atoms. The Kier molecular flexibility index (Phi) is 2.82. The van der Waals surface area contributed by atoms with Crippen molar-refractivity contribution in [3.05, 3.63) is 11.3 Å². The van der Waals surface area contributed by atoms with Gasteiger partial charge in [-0.1, -0.05) is 0 Å². The summed E-state index contributed by atoms with van der Waals surface area (Å²) in [7, 11) is 1.69. The third-order valence-electron chi connectivity index (χ3n) is 1.69. The summed E-state index contributed by atoms with van der Waals surface area (Å²) in [5, 5.41) is 0. The molecule has 4 heteroatoms. The summed E-state index contributed by atoms with van der Waals surface area (Å²) >= 11 is 1.84. The van der Waals surface area contributed by atoms with Crippen LogP contribution in [0.3, 0.4) is 0 Å². The van der Waals surface area contributed by atoms with E-state index in [0.29, 0.717) is 5.84 Å². The number of nitrogens with two attached hydrogens (primary N) is 2. The third kappa shape index (κ3) is 1.89. The van der Waals surface area contributed by atoms with E-state index in [2.05, 4.69) is 4.99 Å². The summed E-state index contributed by atoms with van der Waals surface area (Å²) in [6.45, 7) is 0. The van der Waals surface area contributed by atoms with Gasteiger partial charge in [-0.3, -0.25) is 4.99 Å². The Morgan fingerprint density at radius 3 is 2.91 bits per heavy atom. The molecule has 1 heterocycles. The van der Waals surface area contributed by atoms with Gasteiger partial charge in [0.15, 0.2) is 0 Å². The topological polar surface area (TPSA) is 64.4 Å². The molecule has 62 valence electrons. The Morgan fingerprint density at radius 2 is 2.36 bits per heavy atom. The maximum atomic E-state index is 5.75. The minimum Gasteiger partial charge on any atom is -0.401 e. The Hall–Kier alpha value is -0.640. The molecule has 4 N–H and O–H groups in total. The third-order valence-corrected chi connectivity index (χ3v) is 2.70. The molecule has 0 amide bonds. The molecule has 0 fully saturated rings. The Morgan fingerprint density at radius 1 is 1.64 bits per heavy atom. The number of hydrogen-bond donors (Lipinski definition) is 2. The van der Waals surface area contributed by atoms with Crippen molar-refractivity contribution in [2.45, 2.75) is 6.42 Å². The molecule has 0 radical (unpaired) electrons. The van der Waals surface area contributed by atoms with Gasteiger partial charge >= 0.3 is 0 Å². The molecule has 1 aliphatic heterocycles. The summed E-state index contributed by atoms with van der Waals surface area (Å²) in [6, 6.07) is 0. The second-order valence-corrected chi connectivity index (χ2v) is 3.52. The van der Waals surface area contributed by atoms with E-state index in [4.69, 9.17) is 11.5 Å². The molecule has 0 spiro atoms. The molecule has 0 saturated carbocycles. The lowest BCUT2D eigenvalue weighted by atomic mass is 10.1. The fourth-order valence-corrected chi connectivity index (χ4v) is 1.92. The van der Waals surface area contributed by atoms with Crippen molar-refractivity contribution in [1.82, 2.24) is 0 Å². The first-order chi connectivity index (χ1) is 5.25. The zero-order valence-electron chi connectivity index (χ0n) is 6.63. The van der Waals surface area contributed by atoms with Gasteiger partial charge in [0.25, 0.3) is 0 Å². The van der Waals surface area contributed by atoms with Crippen LogP contribution in [-0.2, 0) is 0 Å². The van der Waals surface area contributed by atoms with Gasteiger partial charge in [0.05, 0.1) is 0 Å². The van der Waals surface area contributed by atoms with Gasteiger partial charge in [-0.25, -0.2) is 0 Å². The molecule has 0 aromatic heterocycles. The predicted octanol–water partition coefficient (Wildman–Crippen LogP) is 0.323. The zero-order chi connectivity index (χ0) is 8.27. The lowest BCUT2D eigenvalue weighted by Gasteiger charge is -2.15. The maximum absolute atomic E-state index is 5.75. The highest BCUT2D eigenvalue weighted by Crippen LogP contribution is 2.20. The SMILES string of the molecule is CN=C(N)C1=C(N)CSCC1. The van der Waals surface area contributed by atoms with Crippen LogP contribution < -0.4 is 11.5 Å². The van der Waals surface area contributed by atoms with Crippen LogP contribution in [0, 0.1) is 0 Å². The number of amidine groups is 1. The van der Waals surface area contributed by atoms with Crippen molar-refractivity contribution in [2.75, 3.05) is 18.6 Å². The Balaban J connectivity index is 2.82.